The number of sulfonamides is 1. The molecule has 34 heavy (non-hydrogen) atoms. The summed E-state index contributed by atoms with van der Waals surface area (Å²) in [5, 5.41) is 2.90. The Balaban J connectivity index is 1.52. The molecule has 2 amide bonds. The number of nitrogens with zero attached hydrogens (tertiary/aromatic N) is 2. The van der Waals surface area contributed by atoms with Crippen LogP contribution in [0.15, 0.2) is 47.4 Å². The molecule has 2 aromatic carbocycles. The van der Waals surface area contributed by atoms with Crippen molar-refractivity contribution >= 4 is 27.5 Å². The number of hydrogen-bond acceptors (Lipinski definition) is 5. The van der Waals surface area contributed by atoms with Gasteiger partial charge in [0.1, 0.15) is 11.8 Å². The van der Waals surface area contributed by atoms with E-state index in [2.05, 4.69) is 5.32 Å². The summed E-state index contributed by atoms with van der Waals surface area (Å²) >= 11 is 0. The van der Waals surface area contributed by atoms with E-state index in [0.717, 1.165) is 37.0 Å². The standard InChI is InChI=1S/C25H31N3O5S/c1-18(29)28-23-12-11-22(34(31,32)27-13-5-3-4-6-14-27)15-20(23)16-24(28)25(30)26-17-19-7-9-21(33-2)10-8-19/h7-12,15,24H,3-6,13-14,16-17H2,1-2H3,(H,26,30). The van der Waals surface area contributed by atoms with E-state index in [9.17, 15) is 18.0 Å². The third kappa shape index (κ3) is 4.95. The van der Waals surface area contributed by atoms with Crippen molar-refractivity contribution in [1.82, 2.24) is 9.62 Å². The largest absolute Gasteiger partial charge is 0.497 e. The van der Waals surface area contributed by atoms with Crippen LogP contribution in [-0.4, -0.2) is 50.8 Å². The van der Waals surface area contributed by atoms with Gasteiger partial charge in [0.05, 0.1) is 12.0 Å². The molecule has 1 unspecified atom stereocenters. The predicted molar refractivity (Wildman–Crippen MR) is 129 cm³/mol. The summed E-state index contributed by atoms with van der Waals surface area (Å²) in [6.45, 7) is 2.78. The smallest absolute Gasteiger partial charge is 0.243 e. The maximum atomic E-state index is 13.2. The van der Waals surface area contributed by atoms with Gasteiger partial charge in [-0.25, -0.2) is 8.42 Å². The number of amides is 2. The molecule has 1 atom stereocenters. The Bertz CT molecular complexity index is 1160. The number of methoxy groups -OCH3 is 1. The minimum atomic E-state index is -3.62. The molecule has 182 valence electrons. The number of carbonyl (C=O) groups is 2. The Kier molecular flexibility index (Phi) is 7.23. The van der Waals surface area contributed by atoms with E-state index in [4.69, 9.17) is 4.74 Å². The maximum Gasteiger partial charge on any atom is 0.243 e. The highest BCUT2D eigenvalue weighted by molar-refractivity contribution is 7.89. The van der Waals surface area contributed by atoms with Crippen LogP contribution in [0.4, 0.5) is 5.69 Å². The molecule has 1 saturated heterocycles. The molecule has 2 aromatic rings. The summed E-state index contributed by atoms with van der Waals surface area (Å²) in [6, 6.07) is 11.5. The first kappa shape index (κ1) is 24.2. The van der Waals surface area contributed by atoms with Gasteiger partial charge in [-0.1, -0.05) is 25.0 Å². The molecule has 8 nitrogen and oxygen atoms in total. The Morgan fingerprint density at radius 3 is 2.32 bits per heavy atom. The lowest BCUT2D eigenvalue weighted by Crippen LogP contribution is -2.47. The van der Waals surface area contributed by atoms with Gasteiger partial charge in [0.25, 0.3) is 0 Å². The zero-order chi connectivity index (χ0) is 24.3. The number of carbonyl (C=O) groups excluding carboxylic acids is 2. The normalized spacial score (nSPS) is 18.8. The third-order valence-electron chi connectivity index (χ3n) is 6.51. The molecule has 2 heterocycles. The zero-order valence-electron chi connectivity index (χ0n) is 19.6. The zero-order valence-corrected chi connectivity index (χ0v) is 20.4. The van der Waals surface area contributed by atoms with Crippen LogP contribution in [0.1, 0.15) is 43.7 Å². The topological polar surface area (TPSA) is 96.0 Å². The maximum absolute atomic E-state index is 13.2. The fourth-order valence-corrected chi connectivity index (χ4v) is 6.24. The van der Waals surface area contributed by atoms with E-state index in [1.54, 1.807) is 29.6 Å². The van der Waals surface area contributed by atoms with Crippen molar-refractivity contribution in [2.24, 2.45) is 0 Å². The number of benzene rings is 2. The van der Waals surface area contributed by atoms with E-state index >= 15 is 0 Å². The van der Waals surface area contributed by atoms with Crippen LogP contribution < -0.4 is 15.0 Å². The van der Waals surface area contributed by atoms with Crippen molar-refractivity contribution in [3.63, 3.8) is 0 Å². The Hall–Kier alpha value is -2.91. The number of rotatable bonds is 6. The fraction of sp³-hybridized carbons (Fsp3) is 0.440. The van der Waals surface area contributed by atoms with Gasteiger partial charge in [0.2, 0.25) is 21.8 Å². The van der Waals surface area contributed by atoms with Crippen molar-refractivity contribution < 1.29 is 22.7 Å². The Morgan fingerprint density at radius 1 is 1.03 bits per heavy atom. The van der Waals surface area contributed by atoms with E-state index in [1.807, 2.05) is 24.3 Å². The molecule has 0 saturated carbocycles. The second kappa shape index (κ2) is 10.1. The van der Waals surface area contributed by atoms with E-state index < -0.39 is 16.1 Å². The van der Waals surface area contributed by atoms with Gasteiger partial charge in [0, 0.05) is 38.7 Å². The molecule has 1 N–H and O–H groups in total. The van der Waals surface area contributed by atoms with Crippen LogP contribution in [0.25, 0.3) is 0 Å². The predicted octanol–water partition coefficient (Wildman–Crippen LogP) is 2.85. The molecule has 0 aromatic heterocycles. The number of fused-ring (bicyclic) bond motifs is 1. The fourth-order valence-electron chi connectivity index (χ4n) is 4.67. The number of anilines is 1. The Labute approximate surface area is 200 Å². The molecule has 4 rings (SSSR count). The van der Waals surface area contributed by atoms with Gasteiger partial charge in [-0.05, 0) is 54.3 Å². The molecule has 2 aliphatic heterocycles. The molecular weight excluding hydrogens is 454 g/mol. The molecule has 2 aliphatic rings. The number of nitrogens with one attached hydrogen (secondary N) is 1. The number of ether oxygens (including phenoxy) is 1. The number of hydrogen-bond donors (Lipinski definition) is 1. The first-order valence-corrected chi connectivity index (χ1v) is 13.1. The van der Waals surface area contributed by atoms with Crippen LogP contribution in [0.3, 0.4) is 0 Å². The van der Waals surface area contributed by atoms with Crippen molar-refractivity contribution in [3.05, 3.63) is 53.6 Å². The second-order valence-corrected chi connectivity index (χ2v) is 10.7. The van der Waals surface area contributed by atoms with E-state index in [1.165, 1.54) is 11.8 Å². The van der Waals surface area contributed by atoms with Crippen molar-refractivity contribution in [3.8, 4) is 5.75 Å². The summed E-state index contributed by atoms with van der Waals surface area (Å²) in [7, 11) is -2.02. The third-order valence-corrected chi connectivity index (χ3v) is 8.40. The monoisotopic (exact) mass is 485 g/mol. The van der Waals surface area contributed by atoms with E-state index in [0.29, 0.717) is 30.9 Å². The molecule has 0 aliphatic carbocycles. The molecule has 0 radical (unpaired) electrons. The van der Waals surface area contributed by atoms with Crippen LogP contribution in [0, 0.1) is 0 Å². The van der Waals surface area contributed by atoms with Gasteiger partial charge < -0.3 is 10.1 Å². The van der Waals surface area contributed by atoms with E-state index in [-0.39, 0.29) is 23.1 Å². The van der Waals surface area contributed by atoms with Crippen molar-refractivity contribution in [2.75, 3.05) is 25.1 Å². The van der Waals surface area contributed by atoms with Crippen molar-refractivity contribution in [2.45, 2.75) is 56.5 Å². The molecular formula is C25H31N3O5S. The van der Waals surface area contributed by atoms with Crippen LogP contribution in [0.2, 0.25) is 0 Å². The highest BCUT2D eigenvalue weighted by Gasteiger charge is 2.38. The Morgan fingerprint density at radius 2 is 1.71 bits per heavy atom. The summed E-state index contributed by atoms with van der Waals surface area (Å²) in [4.78, 5) is 27.2. The second-order valence-electron chi connectivity index (χ2n) is 8.78. The van der Waals surface area contributed by atoms with Crippen LogP contribution >= 0.6 is 0 Å². The highest BCUT2D eigenvalue weighted by atomic mass is 32.2. The first-order valence-electron chi connectivity index (χ1n) is 11.6. The molecule has 0 bridgehead atoms. The molecule has 0 spiro atoms. The SMILES string of the molecule is COc1ccc(CNC(=O)C2Cc3cc(S(=O)(=O)N4CCCCCC4)ccc3N2C(C)=O)cc1. The molecule has 1 fully saturated rings. The quantitative estimate of drug-likeness (QED) is 0.679. The minimum absolute atomic E-state index is 0.218. The lowest BCUT2D eigenvalue weighted by atomic mass is 10.1. The summed E-state index contributed by atoms with van der Waals surface area (Å²) in [5.74, 6) is 0.195. The average Bonchev–Trinajstić information content (AvgIpc) is 3.00. The van der Waals surface area contributed by atoms with Gasteiger partial charge in [-0.15, -0.1) is 0 Å². The summed E-state index contributed by atoms with van der Waals surface area (Å²) < 4.78 is 33.2. The minimum Gasteiger partial charge on any atom is -0.497 e. The van der Waals surface area contributed by atoms with Gasteiger partial charge in [-0.3, -0.25) is 14.5 Å². The average molecular weight is 486 g/mol. The van der Waals surface area contributed by atoms with Crippen LogP contribution in [-0.2, 0) is 32.6 Å². The molecule has 9 heteroatoms. The first-order chi connectivity index (χ1) is 16.3. The highest BCUT2D eigenvalue weighted by Crippen LogP contribution is 2.35. The van der Waals surface area contributed by atoms with Crippen LogP contribution in [0.5, 0.6) is 5.75 Å². The van der Waals surface area contributed by atoms with Gasteiger partial charge in [0.15, 0.2) is 0 Å². The summed E-state index contributed by atoms with van der Waals surface area (Å²) in [5.41, 5.74) is 2.19. The lowest BCUT2D eigenvalue weighted by Gasteiger charge is -2.24. The lowest BCUT2D eigenvalue weighted by molar-refractivity contribution is -0.125. The van der Waals surface area contributed by atoms with Gasteiger partial charge >= 0.3 is 0 Å². The summed E-state index contributed by atoms with van der Waals surface area (Å²) in [6.07, 6.45) is 4.07. The van der Waals surface area contributed by atoms with Crippen molar-refractivity contribution in [1.29, 1.82) is 0 Å². The van der Waals surface area contributed by atoms with Gasteiger partial charge in [-0.2, -0.15) is 4.31 Å².